The molecule has 0 spiro atoms. The summed E-state index contributed by atoms with van der Waals surface area (Å²) in [5.74, 6) is 0.865. The number of carbonyl (C=O) groups excluding carboxylic acids is 1. The molecule has 1 fully saturated rings. The Balaban J connectivity index is 1.39. The lowest BCUT2D eigenvalue weighted by molar-refractivity contribution is 0.0954. The fourth-order valence-corrected chi connectivity index (χ4v) is 3.66. The Bertz CT molecular complexity index is 935. The van der Waals surface area contributed by atoms with Crippen molar-refractivity contribution in [1.82, 2.24) is 15.5 Å². The first-order valence-corrected chi connectivity index (χ1v) is 10.3. The minimum absolute atomic E-state index is 0.0688. The highest BCUT2D eigenvalue weighted by Gasteiger charge is 2.13. The summed E-state index contributed by atoms with van der Waals surface area (Å²) in [5, 5.41) is 11.8. The maximum Gasteiger partial charge on any atom is 0.251 e. The van der Waals surface area contributed by atoms with Crippen molar-refractivity contribution in [2.75, 3.05) is 24.5 Å². The zero-order chi connectivity index (χ0) is 19.9. The smallest absolute Gasteiger partial charge is 0.251 e. The molecule has 1 aliphatic heterocycles. The molecular formula is C24H26N4O. The van der Waals surface area contributed by atoms with E-state index in [2.05, 4.69) is 32.5 Å². The molecule has 0 unspecified atom stereocenters. The number of anilines is 1. The van der Waals surface area contributed by atoms with Crippen LogP contribution in [-0.2, 0) is 6.42 Å². The molecule has 4 rings (SSSR count). The molecule has 148 valence electrons. The first-order chi connectivity index (χ1) is 14.3. The van der Waals surface area contributed by atoms with Crippen LogP contribution in [0.5, 0.6) is 0 Å². The number of benzene rings is 2. The fourth-order valence-electron chi connectivity index (χ4n) is 3.66. The second kappa shape index (κ2) is 9.32. The van der Waals surface area contributed by atoms with E-state index < -0.39 is 0 Å². The van der Waals surface area contributed by atoms with Gasteiger partial charge in [0.15, 0.2) is 5.82 Å². The fraction of sp³-hybridized carbons (Fsp3) is 0.292. The normalized spacial score (nSPS) is 13.9. The largest absolute Gasteiger partial charge is 0.355 e. The van der Waals surface area contributed by atoms with Crippen molar-refractivity contribution < 1.29 is 4.79 Å². The average Bonchev–Trinajstić information content (AvgIpc) is 2.80. The molecule has 2 heterocycles. The van der Waals surface area contributed by atoms with E-state index in [9.17, 15) is 4.79 Å². The predicted octanol–water partition coefficient (Wildman–Crippen LogP) is 4.11. The first-order valence-electron chi connectivity index (χ1n) is 10.3. The van der Waals surface area contributed by atoms with Crippen molar-refractivity contribution in [3.05, 3.63) is 77.9 Å². The van der Waals surface area contributed by atoms with Gasteiger partial charge in [0.25, 0.3) is 5.91 Å². The van der Waals surface area contributed by atoms with Crippen molar-refractivity contribution in [2.45, 2.75) is 25.7 Å². The third-order valence-corrected chi connectivity index (χ3v) is 5.29. The summed E-state index contributed by atoms with van der Waals surface area (Å²) >= 11 is 0. The Morgan fingerprint density at radius 3 is 2.48 bits per heavy atom. The van der Waals surface area contributed by atoms with Gasteiger partial charge in [0.05, 0.1) is 5.69 Å². The summed E-state index contributed by atoms with van der Waals surface area (Å²) in [6.45, 7) is 2.71. The third-order valence-electron chi connectivity index (χ3n) is 5.29. The molecule has 0 bridgehead atoms. The summed E-state index contributed by atoms with van der Waals surface area (Å²) in [6, 6.07) is 21.7. The molecule has 1 amide bonds. The molecule has 0 atom stereocenters. The van der Waals surface area contributed by atoms with E-state index in [0.717, 1.165) is 36.6 Å². The van der Waals surface area contributed by atoms with Crippen LogP contribution in [0, 0.1) is 0 Å². The molecule has 3 aromatic rings. The van der Waals surface area contributed by atoms with Gasteiger partial charge in [0.1, 0.15) is 0 Å². The number of amides is 1. The standard InChI is InChI=1S/C24H26N4O/c29-24(25-15-14-19-8-3-1-4-9-19)21-11-7-10-20(18-21)22-12-13-23(27-26-22)28-16-5-2-6-17-28/h1,3-4,7-13,18H,2,5-6,14-17H2,(H,25,29). The minimum Gasteiger partial charge on any atom is -0.355 e. The van der Waals surface area contributed by atoms with Gasteiger partial charge in [-0.2, -0.15) is 0 Å². The predicted molar refractivity (Wildman–Crippen MR) is 116 cm³/mol. The van der Waals surface area contributed by atoms with Crippen molar-refractivity contribution in [3.63, 3.8) is 0 Å². The second-order valence-electron chi connectivity index (χ2n) is 7.40. The van der Waals surface area contributed by atoms with Crippen LogP contribution >= 0.6 is 0 Å². The van der Waals surface area contributed by atoms with Crippen LogP contribution < -0.4 is 10.2 Å². The van der Waals surface area contributed by atoms with Gasteiger partial charge in [-0.15, -0.1) is 10.2 Å². The lowest BCUT2D eigenvalue weighted by atomic mass is 10.1. The van der Waals surface area contributed by atoms with Gasteiger partial charge in [0.2, 0.25) is 0 Å². The number of hydrogen-bond donors (Lipinski definition) is 1. The summed E-state index contributed by atoms with van der Waals surface area (Å²) < 4.78 is 0. The highest BCUT2D eigenvalue weighted by atomic mass is 16.1. The van der Waals surface area contributed by atoms with Gasteiger partial charge in [0, 0.05) is 30.8 Å². The van der Waals surface area contributed by atoms with Gasteiger partial charge in [-0.1, -0.05) is 42.5 Å². The lowest BCUT2D eigenvalue weighted by Crippen LogP contribution is -2.30. The van der Waals surface area contributed by atoms with E-state index in [1.807, 2.05) is 54.6 Å². The topological polar surface area (TPSA) is 58.1 Å². The highest BCUT2D eigenvalue weighted by molar-refractivity contribution is 5.95. The maximum atomic E-state index is 12.5. The second-order valence-corrected chi connectivity index (χ2v) is 7.40. The Morgan fingerprint density at radius 2 is 1.72 bits per heavy atom. The molecule has 5 nitrogen and oxygen atoms in total. The van der Waals surface area contributed by atoms with Crippen molar-refractivity contribution >= 4 is 11.7 Å². The number of nitrogens with one attached hydrogen (secondary N) is 1. The third kappa shape index (κ3) is 4.99. The van der Waals surface area contributed by atoms with Crippen LogP contribution in [0.4, 0.5) is 5.82 Å². The van der Waals surface area contributed by atoms with Crippen LogP contribution in [-0.4, -0.2) is 35.7 Å². The number of nitrogens with zero attached hydrogens (tertiary/aromatic N) is 3. The van der Waals surface area contributed by atoms with Gasteiger partial charge in [-0.05, 0) is 55.5 Å². The number of piperidine rings is 1. The van der Waals surface area contributed by atoms with E-state index in [1.165, 1.54) is 24.8 Å². The quantitative estimate of drug-likeness (QED) is 0.693. The van der Waals surface area contributed by atoms with Crippen LogP contribution in [0.1, 0.15) is 35.2 Å². The molecule has 1 aromatic heterocycles. The molecule has 0 saturated carbocycles. The molecule has 5 heteroatoms. The lowest BCUT2D eigenvalue weighted by Gasteiger charge is -2.27. The van der Waals surface area contributed by atoms with Crippen LogP contribution in [0.3, 0.4) is 0 Å². The minimum atomic E-state index is -0.0688. The molecule has 0 radical (unpaired) electrons. The zero-order valence-electron chi connectivity index (χ0n) is 16.6. The molecular weight excluding hydrogens is 360 g/mol. The highest BCUT2D eigenvalue weighted by Crippen LogP contribution is 2.21. The zero-order valence-corrected chi connectivity index (χ0v) is 16.6. The monoisotopic (exact) mass is 386 g/mol. The molecule has 1 saturated heterocycles. The number of carbonyl (C=O) groups is 1. The SMILES string of the molecule is O=C(NCCc1ccccc1)c1cccc(-c2ccc(N3CCCCC3)nn2)c1. The van der Waals surface area contributed by atoms with E-state index in [4.69, 9.17) is 0 Å². The van der Waals surface area contributed by atoms with E-state index in [1.54, 1.807) is 0 Å². The number of aromatic nitrogens is 2. The summed E-state index contributed by atoms with van der Waals surface area (Å²) in [5.41, 5.74) is 3.53. The van der Waals surface area contributed by atoms with Gasteiger partial charge < -0.3 is 10.2 Å². The van der Waals surface area contributed by atoms with Crippen LogP contribution in [0.25, 0.3) is 11.3 Å². The summed E-state index contributed by atoms with van der Waals surface area (Å²) in [6.07, 6.45) is 4.54. The molecule has 1 N–H and O–H groups in total. The molecule has 1 aliphatic rings. The Kier molecular flexibility index (Phi) is 6.15. The van der Waals surface area contributed by atoms with Crippen molar-refractivity contribution in [3.8, 4) is 11.3 Å². The molecule has 0 aliphatic carbocycles. The van der Waals surface area contributed by atoms with Crippen LogP contribution in [0.2, 0.25) is 0 Å². The van der Waals surface area contributed by atoms with E-state index >= 15 is 0 Å². The van der Waals surface area contributed by atoms with Crippen LogP contribution in [0.15, 0.2) is 66.7 Å². The number of hydrogen-bond acceptors (Lipinski definition) is 4. The number of rotatable bonds is 6. The van der Waals surface area contributed by atoms with Gasteiger partial charge in [-0.3, -0.25) is 4.79 Å². The van der Waals surface area contributed by atoms with Crippen molar-refractivity contribution in [1.29, 1.82) is 0 Å². The Morgan fingerprint density at radius 1 is 0.897 bits per heavy atom. The molecule has 2 aromatic carbocycles. The Labute approximate surface area is 171 Å². The van der Waals surface area contributed by atoms with E-state index in [-0.39, 0.29) is 5.91 Å². The summed E-state index contributed by atoms with van der Waals surface area (Å²) in [7, 11) is 0. The molecule has 29 heavy (non-hydrogen) atoms. The van der Waals surface area contributed by atoms with Gasteiger partial charge in [-0.25, -0.2) is 0 Å². The van der Waals surface area contributed by atoms with Gasteiger partial charge >= 0.3 is 0 Å². The summed E-state index contributed by atoms with van der Waals surface area (Å²) in [4.78, 5) is 14.8. The first kappa shape index (κ1) is 19.1. The maximum absolute atomic E-state index is 12.5. The average molecular weight is 386 g/mol. The van der Waals surface area contributed by atoms with E-state index in [0.29, 0.717) is 12.1 Å². The van der Waals surface area contributed by atoms with Crippen molar-refractivity contribution in [2.24, 2.45) is 0 Å². The Hall–Kier alpha value is -3.21.